The highest BCUT2D eigenvalue weighted by Gasteiger charge is 2.35. The normalized spacial score (nSPS) is 11.4. The van der Waals surface area contributed by atoms with E-state index >= 15 is 0 Å². The van der Waals surface area contributed by atoms with Gasteiger partial charge in [0.25, 0.3) is 0 Å². The minimum absolute atomic E-state index is 0.0417. The first-order valence-electron chi connectivity index (χ1n) is 8.48. The predicted octanol–water partition coefficient (Wildman–Crippen LogP) is 6.12. The minimum Gasteiger partial charge on any atom is -0.487 e. The van der Waals surface area contributed by atoms with Crippen molar-refractivity contribution < 1.29 is 27.4 Å². The smallest absolute Gasteiger partial charge is 0.416 e. The van der Waals surface area contributed by atoms with Crippen LogP contribution in [0.25, 0.3) is 0 Å². The summed E-state index contributed by atoms with van der Waals surface area (Å²) < 4.78 is 50.8. The van der Waals surface area contributed by atoms with Gasteiger partial charge in [-0.15, -0.1) is 0 Å². The van der Waals surface area contributed by atoms with Gasteiger partial charge in [-0.05, 0) is 48.7 Å². The molecule has 7 heteroatoms. The summed E-state index contributed by atoms with van der Waals surface area (Å²) in [5.74, 6) is -0.525. The average Bonchev–Trinajstić information content (AvgIpc) is 2.61. The molecule has 2 aromatic carbocycles. The highest BCUT2D eigenvalue weighted by molar-refractivity contribution is 6.32. The van der Waals surface area contributed by atoms with E-state index in [9.17, 15) is 18.0 Å². The molecule has 0 aliphatic rings. The Morgan fingerprint density at radius 2 is 1.85 bits per heavy atom. The summed E-state index contributed by atoms with van der Waals surface area (Å²) >= 11 is 6.19. The lowest BCUT2D eigenvalue weighted by Crippen LogP contribution is -2.15. The lowest BCUT2D eigenvalue weighted by molar-refractivity contribution is -0.140. The van der Waals surface area contributed by atoms with Crippen molar-refractivity contribution in [3.8, 4) is 11.5 Å². The standard InChI is InChI=1S/C20H20ClF3O3/c1-4-13-10-16(21)18(9-12(13)3)26-11-14-15(20(22,23)24)7-6-8-17(14)27-19(25)5-2/h6-10H,4-5,11H2,1-3H3. The maximum absolute atomic E-state index is 13.4. The molecule has 0 bridgehead atoms. The first-order valence-corrected chi connectivity index (χ1v) is 8.86. The van der Waals surface area contributed by atoms with Gasteiger partial charge in [-0.1, -0.05) is 31.5 Å². The maximum Gasteiger partial charge on any atom is 0.416 e. The lowest BCUT2D eigenvalue weighted by atomic mass is 10.1. The maximum atomic E-state index is 13.4. The monoisotopic (exact) mass is 400 g/mol. The largest absolute Gasteiger partial charge is 0.487 e. The number of aryl methyl sites for hydroxylation is 2. The van der Waals surface area contributed by atoms with Crippen LogP contribution in [0.15, 0.2) is 30.3 Å². The van der Waals surface area contributed by atoms with Gasteiger partial charge in [-0.3, -0.25) is 4.79 Å². The fourth-order valence-electron chi connectivity index (χ4n) is 2.61. The molecule has 0 fully saturated rings. The Morgan fingerprint density at radius 1 is 1.15 bits per heavy atom. The van der Waals surface area contributed by atoms with E-state index in [-0.39, 0.29) is 23.5 Å². The fraction of sp³-hybridized carbons (Fsp3) is 0.350. The molecule has 0 saturated carbocycles. The van der Waals surface area contributed by atoms with E-state index in [1.807, 2.05) is 13.8 Å². The van der Waals surface area contributed by atoms with Gasteiger partial charge >= 0.3 is 12.1 Å². The van der Waals surface area contributed by atoms with Gasteiger partial charge in [0.1, 0.15) is 18.1 Å². The van der Waals surface area contributed by atoms with Crippen LogP contribution in [0.5, 0.6) is 11.5 Å². The molecular weight excluding hydrogens is 381 g/mol. The number of carbonyl (C=O) groups is 1. The molecule has 146 valence electrons. The predicted molar refractivity (Wildman–Crippen MR) is 97.3 cm³/mol. The third kappa shape index (κ3) is 5.16. The van der Waals surface area contributed by atoms with Gasteiger partial charge in [0.15, 0.2) is 0 Å². The zero-order valence-electron chi connectivity index (χ0n) is 15.2. The molecular formula is C20H20ClF3O3. The molecule has 2 aromatic rings. The molecule has 0 atom stereocenters. The summed E-state index contributed by atoms with van der Waals surface area (Å²) in [6.07, 6.45) is -3.79. The van der Waals surface area contributed by atoms with Crippen molar-refractivity contribution in [3.63, 3.8) is 0 Å². The van der Waals surface area contributed by atoms with Gasteiger partial charge in [-0.25, -0.2) is 0 Å². The molecule has 0 spiro atoms. The van der Waals surface area contributed by atoms with Crippen LogP contribution in [-0.4, -0.2) is 5.97 Å². The fourth-order valence-corrected chi connectivity index (χ4v) is 2.85. The molecule has 0 aromatic heterocycles. The van der Waals surface area contributed by atoms with Crippen molar-refractivity contribution in [2.75, 3.05) is 0 Å². The molecule has 2 rings (SSSR count). The van der Waals surface area contributed by atoms with Gasteiger partial charge in [-0.2, -0.15) is 13.2 Å². The van der Waals surface area contributed by atoms with Crippen molar-refractivity contribution in [3.05, 3.63) is 57.6 Å². The van der Waals surface area contributed by atoms with Crippen molar-refractivity contribution >= 4 is 17.6 Å². The molecule has 3 nitrogen and oxygen atoms in total. The average molecular weight is 401 g/mol. The number of hydrogen-bond acceptors (Lipinski definition) is 3. The SMILES string of the molecule is CCC(=O)Oc1cccc(C(F)(F)F)c1COc1cc(C)c(CC)cc1Cl. The second-order valence-electron chi connectivity index (χ2n) is 5.96. The Balaban J connectivity index is 2.39. The van der Waals surface area contributed by atoms with Gasteiger partial charge in [0.05, 0.1) is 10.6 Å². The molecule has 0 heterocycles. The summed E-state index contributed by atoms with van der Waals surface area (Å²) in [4.78, 5) is 11.6. The third-order valence-corrected chi connectivity index (χ3v) is 4.39. The molecule has 0 aliphatic heterocycles. The first kappa shape index (κ1) is 21.1. The Hall–Kier alpha value is -2.21. The number of benzene rings is 2. The number of esters is 1. The third-order valence-electron chi connectivity index (χ3n) is 4.09. The zero-order chi connectivity index (χ0) is 20.2. The van der Waals surface area contributed by atoms with E-state index in [1.54, 1.807) is 19.1 Å². The molecule has 0 radical (unpaired) electrons. The summed E-state index contributed by atoms with van der Waals surface area (Å²) in [6.45, 7) is 4.98. The van der Waals surface area contributed by atoms with Gasteiger partial charge < -0.3 is 9.47 Å². The zero-order valence-corrected chi connectivity index (χ0v) is 16.0. The van der Waals surface area contributed by atoms with Crippen molar-refractivity contribution in [1.29, 1.82) is 0 Å². The highest BCUT2D eigenvalue weighted by Crippen LogP contribution is 2.37. The van der Waals surface area contributed by atoms with Crippen LogP contribution >= 0.6 is 11.6 Å². The highest BCUT2D eigenvalue weighted by atomic mass is 35.5. The topological polar surface area (TPSA) is 35.5 Å². The summed E-state index contributed by atoms with van der Waals surface area (Å²) in [7, 11) is 0. The van der Waals surface area contributed by atoms with Crippen LogP contribution in [0.2, 0.25) is 5.02 Å². The molecule has 0 aliphatic carbocycles. The first-order chi connectivity index (χ1) is 12.7. The molecule has 0 unspecified atom stereocenters. The molecule has 0 N–H and O–H groups in total. The summed E-state index contributed by atoms with van der Waals surface area (Å²) in [5.41, 5.74) is 0.793. The van der Waals surface area contributed by atoms with E-state index in [2.05, 4.69) is 0 Å². The Morgan fingerprint density at radius 3 is 2.44 bits per heavy atom. The number of hydrogen-bond donors (Lipinski definition) is 0. The minimum atomic E-state index is -4.61. The number of alkyl halides is 3. The van der Waals surface area contributed by atoms with Crippen LogP contribution in [-0.2, 0) is 24.0 Å². The summed E-state index contributed by atoms with van der Waals surface area (Å²) in [6, 6.07) is 6.86. The van der Waals surface area contributed by atoms with E-state index in [1.165, 1.54) is 12.1 Å². The molecule has 27 heavy (non-hydrogen) atoms. The van der Waals surface area contributed by atoms with Crippen LogP contribution in [0, 0.1) is 6.92 Å². The van der Waals surface area contributed by atoms with Crippen LogP contribution in [0.4, 0.5) is 13.2 Å². The van der Waals surface area contributed by atoms with E-state index in [4.69, 9.17) is 21.1 Å². The Labute approximate surface area is 161 Å². The Bertz CT molecular complexity index is 832. The van der Waals surface area contributed by atoms with E-state index < -0.39 is 24.3 Å². The number of halogens is 4. The van der Waals surface area contributed by atoms with E-state index in [0.29, 0.717) is 5.02 Å². The lowest BCUT2D eigenvalue weighted by Gasteiger charge is -2.18. The van der Waals surface area contributed by atoms with Crippen LogP contribution in [0.3, 0.4) is 0 Å². The second kappa shape index (κ2) is 8.65. The van der Waals surface area contributed by atoms with Crippen molar-refractivity contribution in [1.82, 2.24) is 0 Å². The van der Waals surface area contributed by atoms with Crippen LogP contribution in [0.1, 0.15) is 42.5 Å². The number of ether oxygens (including phenoxy) is 2. The Kier molecular flexibility index (Phi) is 6.76. The van der Waals surface area contributed by atoms with Gasteiger partial charge in [0, 0.05) is 12.0 Å². The molecule has 0 amide bonds. The van der Waals surface area contributed by atoms with Crippen molar-refractivity contribution in [2.24, 2.45) is 0 Å². The second-order valence-corrected chi connectivity index (χ2v) is 6.37. The number of carbonyl (C=O) groups excluding carboxylic acids is 1. The quantitative estimate of drug-likeness (QED) is 0.432. The van der Waals surface area contributed by atoms with Gasteiger partial charge in [0.2, 0.25) is 0 Å². The van der Waals surface area contributed by atoms with Crippen LogP contribution < -0.4 is 9.47 Å². The molecule has 0 saturated heterocycles. The van der Waals surface area contributed by atoms with E-state index in [0.717, 1.165) is 23.6 Å². The number of rotatable bonds is 6. The van der Waals surface area contributed by atoms with Crippen molar-refractivity contribution in [2.45, 2.75) is 46.4 Å². The summed E-state index contributed by atoms with van der Waals surface area (Å²) in [5, 5.41) is 0.314.